The van der Waals surface area contributed by atoms with Gasteiger partial charge in [0.15, 0.2) is 0 Å². The van der Waals surface area contributed by atoms with Gasteiger partial charge in [-0.3, -0.25) is 4.79 Å². The minimum absolute atomic E-state index is 0.0568. The summed E-state index contributed by atoms with van der Waals surface area (Å²) in [5.74, 6) is 0. The van der Waals surface area contributed by atoms with Crippen molar-refractivity contribution < 1.29 is 9.59 Å². The second-order valence-corrected chi connectivity index (χ2v) is 3.58. The molecule has 1 rings (SSSR count). The quantitative estimate of drug-likeness (QED) is 0.644. The molecule has 0 aromatic heterocycles. The molecule has 0 saturated carbocycles. The van der Waals surface area contributed by atoms with E-state index in [0.717, 1.165) is 5.56 Å². The first-order chi connectivity index (χ1) is 7.61. The molecule has 1 unspecified atom stereocenters. The van der Waals surface area contributed by atoms with Gasteiger partial charge in [-0.2, -0.15) is 0 Å². The maximum absolute atomic E-state index is 10.7. The molecule has 0 spiro atoms. The topological polar surface area (TPSA) is 84.2 Å². The predicted octanol–water partition coefficient (Wildman–Crippen LogP) is 0.854. The average molecular weight is 221 g/mol. The summed E-state index contributed by atoms with van der Waals surface area (Å²) in [4.78, 5) is 20.9. The number of rotatable bonds is 5. The van der Waals surface area contributed by atoms with Gasteiger partial charge in [0.05, 0.1) is 0 Å². The highest BCUT2D eigenvalue weighted by Gasteiger charge is 2.03. The van der Waals surface area contributed by atoms with Gasteiger partial charge in [0.2, 0.25) is 6.41 Å². The van der Waals surface area contributed by atoms with Crippen molar-refractivity contribution >= 4 is 18.1 Å². The van der Waals surface area contributed by atoms with Crippen LogP contribution in [0.2, 0.25) is 0 Å². The highest BCUT2D eigenvalue weighted by Crippen LogP contribution is 2.11. The van der Waals surface area contributed by atoms with Crippen LogP contribution in [0, 0.1) is 0 Å². The smallest absolute Gasteiger partial charge is 0.316 e. The van der Waals surface area contributed by atoms with Gasteiger partial charge < -0.3 is 16.4 Å². The molecule has 0 aliphatic carbocycles. The van der Waals surface area contributed by atoms with Gasteiger partial charge in [-0.05, 0) is 31.0 Å². The molecule has 1 atom stereocenters. The molecule has 86 valence electrons. The van der Waals surface area contributed by atoms with Gasteiger partial charge in [0.25, 0.3) is 0 Å². The molecule has 0 aliphatic heterocycles. The van der Waals surface area contributed by atoms with E-state index in [0.29, 0.717) is 18.5 Å². The van der Waals surface area contributed by atoms with E-state index in [4.69, 9.17) is 5.73 Å². The first-order valence-electron chi connectivity index (χ1n) is 4.97. The lowest BCUT2D eigenvalue weighted by atomic mass is 10.1. The summed E-state index contributed by atoms with van der Waals surface area (Å²) in [6.45, 7) is 1.91. The van der Waals surface area contributed by atoms with E-state index in [1.807, 2.05) is 25.1 Å². The summed E-state index contributed by atoms with van der Waals surface area (Å²) >= 11 is 0. The van der Waals surface area contributed by atoms with Crippen LogP contribution in [0.25, 0.3) is 0 Å². The monoisotopic (exact) mass is 221 g/mol. The lowest BCUT2D eigenvalue weighted by molar-refractivity contribution is -0.110. The molecule has 5 nitrogen and oxygen atoms in total. The molecular formula is C11H15N3O2. The highest BCUT2D eigenvalue weighted by molar-refractivity contribution is 5.87. The standard InChI is InChI=1S/C11H15N3O2/c1-8(13-7-15)5-9-3-2-4-10(6-9)14-11(12)16/h2-4,6-8H,5H2,1H3,(H,13,15)(H3,12,14,16). The van der Waals surface area contributed by atoms with Crippen LogP contribution in [0.1, 0.15) is 12.5 Å². The summed E-state index contributed by atoms with van der Waals surface area (Å²) in [5.41, 5.74) is 6.69. The Hall–Kier alpha value is -2.04. The number of nitrogens with two attached hydrogens (primary N) is 1. The third-order valence-corrected chi connectivity index (χ3v) is 2.09. The largest absolute Gasteiger partial charge is 0.356 e. The molecule has 4 N–H and O–H groups in total. The van der Waals surface area contributed by atoms with E-state index in [1.165, 1.54) is 0 Å². The van der Waals surface area contributed by atoms with E-state index in [1.54, 1.807) is 6.07 Å². The molecule has 3 amide bonds. The zero-order valence-electron chi connectivity index (χ0n) is 9.07. The van der Waals surface area contributed by atoms with Crippen molar-refractivity contribution in [2.45, 2.75) is 19.4 Å². The van der Waals surface area contributed by atoms with Crippen LogP contribution < -0.4 is 16.4 Å². The Morgan fingerprint density at radius 1 is 1.56 bits per heavy atom. The predicted molar refractivity (Wildman–Crippen MR) is 62.0 cm³/mol. The van der Waals surface area contributed by atoms with Crippen LogP contribution in [0.4, 0.5) is 10.5 Å². The molecule has 1 aromatic carbocycles. The van der Waals surface area contributed by atoms with Crippen molar-refractivity contribution in [3.8, 4) is 0 Å². The first-order valence-corrected chi connectivity index (χ1v) is 4.97. The number of hydrogen-bond donors (Lipinski definition) is 3. The van der Waals surface area contributed by atoms with Crippen LogP contribution in [0.15, 0.2) is 24.3 Å². The van der Waals surface area contributed by atoms with Gasteiger partial charge in [-0.1, -0.05) is 12.1 Å². The lowest BCUT2D eigenvalue weighted by Crippen LogP contribution is -2.26. The van der Waals surface area contributed by atoms with Crippen molar-refractivity contribution in [2.24, 2.45) is 5.73 Å². The van der Waals surface area contributed by atoms with E-state index < -0.39 is 6.03 Å². The van der Waals surface area contributed by atoms with Crippen molar-refractivity contribution in [3.63, 3.8) is 0 Å². The Morgan fingerprint density at radius 3 is 2.94 bits per heavy atom. The van der Waals surface area contributed by atoms with Crippen molar-refractivity contribution in [3.05, 3.63) is 29.8 Å². The minimum atomic E-state index is -0.587. The summed E-state index contributed by atoms with van der Waals surface area (Å²) in [6.07, 6.45) is 1.38. The second kappa shape index (κ2) is 5.75. The maximum Gasteiger partial charge on any atom is 0.316 e. The van der Waals surface area contributed by atoms with Gasteiger partial charge in [-0.25, -0.2) is 4.79 Å². The first kappa shape index (κ1) is 12.0. The van der Waals surface area contributed by atoms with Crippen molar-refractivity contribution in [1.82, 2.24) is 5.32 Å². The molecule has 5 heteroatoms. The lowest BCUT2D eigenvalue weighted by Gasteiger charge is -2.11. The minimum Gasteiger partial charge on any atom is -0.356 e. The molecule has 0 bridgehead atoms. The summed E-state index contributed by atoms with van der Waals surface area (Å²) in [6, 6.07) is 6.81. The molecule has 0 saturated heterocycles. The average Bonchev–Trinajstić information content (AvgIpc) is 2.17. The summed E-state index contributed by atoms with van der Waals surface area (Å²) in [5, 5.41) is 5.16. The zero-order valence-corrected chi connectivity index (χ0v) is 9.07. The SMILES string of the molecule is CC(Cc1cccc(NC(N)=O)c1)NC=O. The van der Waals surface area contributed by atoms with E-state index >= 15 is 0 Å². The fourth-order valence-electron chi connectivity index (χ4n) is 1.45. The Balaban J connectivity index is 2.66. The molecule has 0 aliphatic rings. The van der Waals surface area contributed by atoms with Crippen LogP contribution in [-0.4, -0.2) is 18.5 Å². The molecule has 16 heavy (non-hydrogen) atoms. The molecular weight excluding hydrogens is 206 g/mol. The van der Waals surface area contributed by atoms with Crippen LogP contribution in [0.5, 0.6) is 0 Å². The van der Waals surface area contributed by atoms with Crippen molar-refractivity contribution in [1.29, 1.82) is 0 Å². The van der Waals surface area contributed by atoms with Gasteiger partial charge in [0.1, 0.15) is 0 Å². The van der Waals surface area contributed by atoms with E-state index in [2.05, 4.69) is 10.6 Å². The number of primary amides is 1. The fourth-order valence-corrected chi connectivity index (χ4v) is 1.45. The third kappa shape index (κ3) is 4.00. The van der Waals surface area contributed by atoms with Gasteiger partial charge >= 0.3 is 6.03 Å². The highest BCUT2D eigenvalue weighted by atomic mass is 16.2. The number of nitrogens with one attached hydrogen (secondary N) is 2. The number of urea groups is 1. The Bertz CT molecular complexity index is 379. The molecule has 0 fully saturated rings. The molecule has 1 aromatic rings. The number of anilines is 1. The Labute approximate surface area is 94.0 Å². The van der Waals surface area contributed by atoms with Crippen LogP contribution in [-0.2, 0) is 11.2 Å². The zero-order chi connectivity index (χ0) is 12.0. The van der Waals surface area contributed by atoms with Gasteiger partial charge in [0, 0.05) is 11.7 Å². The second-order valence-electron chi connectivity index (χ2n) is 3.58. The number of amides is 3. The number of benzene rings is 1. The molecule has 0 heterocycles. The number of carbonyl (C=O) groups is 2. The number of carbonyl (C=O) groups excluding carboxylic acids is 2. The van der Waals surface area contributed by atoms with Crippen LogP contribution in [0.3, 0.4) is 0 Å². The Morgan fingerprint density at radius 2 is 2.31 bits per heavy atom. The fraction of sp³-hybridized carbons (Fsp3) is 0.273. The Kier molecular flexibility index (Phi) is 4.32. The maximum atomic E-state index is 10.7. The normalized spacial score (nSPS) is 11.6. The number of hydrogen-bond acceptors (Lipinski definition) is 2. The van der Waals surface area contributed by atoms with Crippen molar-refractivity contribution in [2.75, 3.05) is 5.32 Å². The summed E-state index contributed by atoms with van der Waals surface area (Å²) in [7, 11) is 0. The third-order valence-electron chi connectivity index (χ3n) is 2.09. The van der Waals surface area contributed by atoms with Crippen LogP contribution >= 0.6 is 0 Å². The van der Waals surface area contributed by atoms with Gasteiger partial charge in [-0.15, -0.1) is 0 Å². The molecule has 0 radical (unpaired) electrons. The summed E-state index contributed by atoms with van der Waals surface area (Å²) < 4.78 is 0. The van der Waals surface area contributed by atoms with E-state index in [-0.39, 0.29) is 6.04 Å². The van der Waals surface area contributed by atoms with E-state index in [9.17, 15) is 9.59 Å².